The van der Waals surface area contributed by atoms with Gasteiger partial charge in [0.2, 0.25) is 0 Å². The van der Waals surface area contributed by atoms with Crippen molar-refractivity contribution in [3.8, 4) is 0 Å². The highest BCUT2D eigenvalue weighted by atomic mass is 14.9. The molecule has 1 atom stereocenters. The van der Waals surface area contributed by atoms with Crippen LogP contribution in [0.15, 0.2) is 48.8 Å². The number of rotatable bonds is 6. The normalized spacial score (nSPS) is 12.6. The topological polar surface area (TPSA) is 24.9 Å². The lowest BCUT2D eigenvalue weighted by atomic mass is 10.0. The summed E-state index contributed by atoms with van der Waals surface area (Å²) in [7, 11) is 0. The number of nitrogens with zero attached hydrogens (tertiary/aromatic N) is 1. The van der Waals surface area contributed by atoms with Gasteiger partial charge < -0.3 is 5.32 Å². The predicted octanol–water partition coefficient (Wildman–Crippen LogP) is 4.13. The van der Waals surface area contributed by atoms with E-state index in [4.69, 9.17) is 0 Å². The second kappa shape index (κ2) is 7.20. The monoisotopic (exact) mass is 268 g/mol. The van der Waals surface area contributed by atoms with Crippen molar-refractivity contribution in [2.45, 2.75) is 39.8 Å². The van der Waals surface area contributed by atoms with E-state index in [0.717, 1.165) is 13.0 Å². The Morgan fingerprint density at radius 1 is 0.900 bits per heavy atom. The van der Waals surface area contributed by atoms with E-state index >= 15 is 0 Å². The van der Waals surface area contributed by atoms with Gasteiger partial charge in [-0.15, -0.1) is 0 Å². The molecule has 0 fully saturated rings. The Labute approximate surface area is 122 Å². The summed E-state index contributed by atoms with van der Waals surface area (Å²) in [6, 6.07) is 13.4. The van der Waals surface area contributed by atoms with Crippen LogP contribution >= 0.6 is 0 Å². The van der Waals surface area contributed by atoms with Crippen LogP contribution in [0.25, 0.3) is 0 Å². The molecule has 2 heteroatoms. The van der Waals surface area contributed by atoms with Crippen molar-refractivity contribution < 1.29 is 0 Å². The molecule has 0 aliphatic heterocycles. The maximum Gasteiger partial charge on any atom is 0.0296 e. The van der Waals surface area contributed by atoms with E-state index in [0.29, 0.717) is 12.0 Å². The largest absolute Gasteiger partial charge is 0.306 e. The predicted molar refractivity (Wildman–Crippen MR) is 84.5 cm³/mol. The molecule has 0 saturated carbocycles. The van der Waals surface area contributed by atoms with E-state index in [-0.39, 0.29) is 0 Å². The lowest BCUT2D eigenvalue weighted by molar-refractivity contribution is 0.574. The minimum Gasteiger partial charge on any atom is -0.306 e. The molecule has 0 aliphatic carbocycles. The molecule has 0 aliphatic rings. The van der Waals surface area contributed by atoms with Gasteiger partial charge in [0.05, 0.1) is 0 Å². The summed E-state index contributed by atoms with van der Waals surface area (Å²) in [5.74, 6) is 0.714. The lowest BCUT2D eigenvalue weighted by Crippen LogP contribution is -2.18. The first kappa shape index (κ1) is 14.7. The molecule has 0 bridgehead atoms. The fourth-order valence-electron chi connectivity index (χ4n) is 2.31. The molecular weight excluding hydrogens is 244 g/mol. The first-order valence-corrected chi connectivity index (χ1v) is 7.36. The highest BCUT2D eigenvalue weighted by molar-refractivity contribution is 5.23. The average molecular weight is 268 g/mol. The van der Waals surface area contributed by atoms with E-state index in [1.807, 2.05) is 12.4 Å². The van der Waals surface area contributed by atoms with Gasteiger partial charge in [0.25, 0.3) is 0 Å². The van der Waals surface area contributed by atoms with Crippen LogP contribution in [-0.2, 0) is 13.0 Å². The van der Waals surface area contributed by atoms with Gasteiger partial charge in [-0.25, -0.2) is 0 Å². The van der Waals surface area contributed by atoms with Crippen molar-refractivity contribution >= 4 is 0 Å². The summed E-state index contributed by atoms with van der Waals surface area (Å²) in [6.07, 6.45) is 4.84. The Hall–Kier alpha value is -1.67. The highest BCUT2D eigenvalue weighted by Gasteiger charge is 2.04. The molecule has 1 aromatic carbocycles. The zero-order chi connectivity index (χ0) is 14.4. The van der Waals surface area contributed by atoms with Gasteiger partial charge >= 0.3 is 0 Å². The Morgan fingerprint density at radius 2 is 1.50 bits per heavy atom. The SMILES string of the molecule is CC(C)Cc1ccc(CNC(C)c2ccncc2)cc1. The average Bonchev–Trinajstić information content (AvgIpc) is 2.46. The van der Waals surface area contributed by atoms with Crippen molar-refractivity contribution in [1.29, 1.82) is 0 Å². The van der Waals surface area contributed by atoms with Crippen molar-refractivity contribution in [2.75, 3.05) is 0 Å². The van der Waals surface area contributed by atoms with Gasteiger partial charge in [-0.1, -0.05) is 38.1 Å². The summed E-state index contributed by atoms with van der Waals surface area (Å²) in [4.78, 5) is 4.05. The number of pyridine rings is 1. The van der Waals surface area contributed by atoms with Crippen molar-refractivity contribution in [3.63, 3.8) is 0 Å². The lowest BCUT2D eigenvalue weighted by Gasteiger charge is -2.14. The highest BCUT2D eigenvalue weighted by Crippen LogP contribution is 2.13. The first-order valence-electron chi connectivity index (χ1n) is 7.36. The quantitative estimate of drug-likeness (QED) is 0.852. The van der Waals surface area contributed by atoms with E-state index in [1.165, 1.54) is 16.7 Å². The second-order valence-corrected chi connectivity index (χ2v) is 5.80. The third-order valence-corrected chi connectivity index (χ3v) is 3.49. The van der Waals surface area contributed by atoms with Crippen LogP contribution in [0.2, 0.25) is 0 Å². The van der Waals surface area contributed by atoms with Gasteiger partial charge in [0.1, 0.15) is 0 Å². The maximum absolute atomic E-state index is 4.05. The Bertz CT molecular complexity index is 503. The molecule has 2 nitrogen and oxygen atoms in total. The van der Waals surface area contributed by atoms with Gasteiger partial charge in [-0.3, -0.25) is 4.98 Å². The number of hydrogen-bond donors (Lipinski definition) is 1. The Balaban J connectivity index is 1.88. The van der Waals surface area contributed by atoms with Crippen molar-refractivity contribution in [1.82, 2.24) is 10.3 Å². The van der Waals surface area contributed by atoms with Gasteiger partial charge in [-0.05, 0) is 48.1 Å². The van der Waals surface area contributed by atoms with Crippen molar-refractivity contribution in [2.24, 2.45) is 5.92 Å². The molecule has 1 unspecified atom stereocenters. The minimum absolute atomic E-state index is 0.341. The van der Waals surface area contributed by atoms with Crippen LogP contribution in [0.1, 0.15) is 43.5 Å². The summed E-state index contributed by atoms with van der Waals surface area (Å²) < 4.78 is 0. The van der Waals surface area contributed by atoms with Crippen LogP contribution in [0.5, 0.6) is 0 Å². The fourth-order valence-corrected chi connectivity index (χ4v) is 2.31. The second-order valence-electron chi connectivity index (χ2n) is 5.80. The van der Waals surface area contributed by atoms with Crippen LogP contribution in [0, 0.1) is 5.92 Å². The fraction of sp³-hybridized carbons (Fsp3) is 0.389. The summed E-state index contributed by atoms with van der Waals surface area (Å²) in [5, 5.41) is 3.55. The molecule has 0 saturated heterocycles. The standard InChI is InChI=1S/C18H24N2/c1-14(2)12-16-4-6-17(7-5-16)13-20-15(3)18-8-10-19-11-9-18/h4-11,14-15,20H,12-13H2,1-3H3. The van der Waals surface area contributed by atoms with Crippen molar-refractivity contribution in [3.05, 3.63) is 65.5 Å². The molecule has 20 heavy (non-hydrogen) atoms. The van der Waals surface area contributed by atoms with E-state index < -0.39 is 0 Å². The van der Waals surface area contributed by atoms with E-state index in [2.05, 4.69) is 67.5 Å². The summed E-state index contributed by atoms with van der Waals surface area (Å²) in [6.45, 7) is 7.59. The van der Waals surface area contributed by atoms with E-state index in [9.17, 15) is 0 Å². The zero-order valence-electron chi connectivity index (χ0n) is 12.6. The molecular formula is C18H24N2. The Morgan fingerprint density at radius 3 is 2.10 bits per heavy atom. The molecule has 106 valence electrons. The Kier molecular flexibility index (Phi) is 5.31. The molecule has 0 radical (unpaired) electrons. The molecule has 0 amide bonds. The number of nitrogens with one attached hydrogen (secondary N) is 1. The van der Waals surface area contributed by atoms with Crippen LogP contribution < -0.4 is 5.32 Å². The molecule has 2 rings (SSSR count). The molecule has 1 heterocycles. The van der Waals surface area contributed by atoms with Gasteiger partial charge in [-0.2, -0.15) is 0 Å². The zero-order valence-corrected chi connectivity index (χ0v) is 12.6. The van der Waals surface area contributed by atoms with Gasteiger partial charge in [0.15, 0.2) is 0 Å². The summed E-state index contributed by atoms with van der Waals surface area (Å²) >= 11 is 0. The van der Waals surface area contributed by atoms with Crippen LogP contribution in [0.3, 0.4) is 0 Å². The summed E-state index contributed by atoms with van der Waals surface area (Å²) in [5.41, 5.74) is 4.03. The molecule has 1 aromatic heterocycles. The maximum atomic E-state index is 4.05. The third-order valence-electron chi connectivity index (χ3n) is 3.49. The molecule has 2 aromatic rings. The first-order chi connectivity index (χ1) is 9.65. The minimum atomic E-state index is 0.341. The molecule has 0 spiro atoms. The van der Waals surface area contributed by atoms with Gasteiger partial charge in [0, 0.05) is 25.0 Å². The third kappa shape index (κ3) is 4.46. The van der Waals surface area contributed by atoms with Crippen LogP contribution in [0.4, 0.5) is 0 Å². The molecule has 1 N–H and O–H groups in total. The smallest absolute Gasteiger partial charge is 0.0296 e. The number of aromatic nitrogens is 1. The van der Waals surface area contributed by atoms with Crippen LogP contribution in [-0.4, -0.2) is 4.98 Å². The number of hydrogen-bond acceptors (Lipinski definition) is 2. The number of benzene rings is 1. The van der Waals surface area contributed by atoms with E-state index in [1.54, 1.807) is 0 Å².